The van der Waals surface area contributed by atoms with Gasteiger partial charge >= 0.3 is 5.97 Å². The summed E-state index contributed by atoms with van der Waals surface area (Å²) in [4.78, 5) is 24.9. The Morgan fingerprint density at radius 2 is 1.48 bits per heavy atom. The predicted octanol–water partition coefficient (Wildman–Crippen LogP) is 4.85. The average molecular weight is 359 g/mol. The normalized spacial score (nSPS) is 11.5. The third kappa shape index (κ3) is 4.42. The van der Waals surface area contributed by atoms with E-state index in [9.17, 15) is 9.59 Å². The number of para-hydroxylation sites is 1. The first kappa shape index (κ1) is 18.4. The third-order valence-electron chi connectivity index (χ3n) is 4.29. The highest BCUT2D eigenvalue weighted by Gasteiger charge is 2.20. The van der Waals surface area contributed by atoms with Crippen LogP contribution in [0.5, 0.6) is 0 Å². The van der Waals surface area contributed by atoms with Crippen molar-refractivity contribution in [3.05, 3.63) is 90.0 Å². The molecule has 0 fully saturated rings. The molecule has 0 radical (unpaired) electrons. The van der Waals surface area contributed by atoms with E-state index in [2.05, 4.69) is 5.32 Å². The molecule has 4 heteroatoms. The summed E-state index contributed by atoms with van der Waals surface area (Å²) in [5, 5.41) is 2.86. The van der Waals surface area contributed by atoms with Crippen LogP contribution in [0.1, 0.15) is 22.8 Å². The van der Waals surface area contributed by atoms with E-state index < -0.39 is 12.1 Å². The Kier molecular flexibility index (Phi) is 5.67. The topological polar surface area (TPSA) is 55.4 Å². The van der Waals surface area contributed by atoms with Crippen molar-refractivity contribution >= 4 is 17.6 Å². The minimum absolute atomic E-state index is 0.375. The number of hydrogen-bond acceptors (Lipinski definition) is 3. The van der Waals surface area contributed by atoms with Gasteiger partial charge in [-0.05, 0) is 37.1 Å². The van der Waals surface area contributed by atoms with Gasteiger partial charge in [-0.15, -0.1) is 0 Å². The molecule has 0 aliphatic carbocycles. The van der Waals surface area contributed by atoms with Crippen molar-refractivity contribution in [3.63, 3.8) is 0 Å². The van der Waals surface area contributed by atoms with Crippen molar-refractivity contribution in [2.75, 3.05) is 5.32 Å². The van der Waals surface area contributed by atoms with Gasteiger partial charge in [0.1, 0.15) is 0 Å². The molecule has 1 amide bonds. The first-order valence-electron chi connectivity index (χ1n) is 8.78. The molecule has 0 aliphatic heterocycles. The van der Waals surface area contributed by atoms with E-state index in [1.165, 1.54) is 0 Å². The molecular formula is C23H21NO3. The molecule has 0 aromatic heterocycles. The summed E-state index contributed by atoms with van der Waals surface area (Å²) in [5.41, 5.74) is 3.85. The molecule has 27 heavy (non-hydrogen) atoms. The van der Waals surface area contributed by atoms with Crippen LogP contribution >= 0.6 is 0 Å². The van der Waals surface area contributed by atoms with Gasteiger partial charge < -0.3 is 10.1 Å². The number of carbonyl (C=O) groups excluding carboxylic acids is 2. The Bertz CT molecular complexity index is 951. The molecule has 1 N–H and O–H groups in total. The molecule has 0 saturated carbocycles. The number of hydrogen-bond donors (Lipinski definition) is 1. The number of carbonyl (C=O) groups is 2. The van der Waals surface area contributed by atoms with Gasteiger partial charge in [0.05, 0.1) is 5.56 Å². The Hall–Kier alpha value is -3.40. The van der Waals surface area contributed by atoms with Gasteiger partial charge in [-0.25, -0.2) is 4.79 Å². The van der Waals surface area contributed by atoms with E-state index in [4.69, 9.17) is 4.74 Å². The molecule has 0 bridgehead atoms. The minimum Gasteiger partial charge on any atom is -0.449 e. The monoisotopic (exact) mass is 359 g/mol. The number of nitrogens with one attached hydrogen (secondary N) is 1. The summed E-state index contributed by atoms with van der Waals surface area (Å²) < 4.78 is 5.35. The van der Waals surface area contributed by atoms with E-state index in [-0.39, 0.29) is 5.91 Å². The molecule has 1 unspecified atom stereocenters. The Morgan fingerprint density at radius 1 is 0.852 bits per heavy atom. The maximum atomic E-state index is 12.6. The van der Waals surface area contributed by atoms with Crippen molar-refractivity contribution in [2.45, 2.75) is 20.0 Å². The van der Waals surface area contributed by atoms with Gasteiger partial charge in [0.2, 0.25) is 0 Å². The Morgan fingerprint density at radius 3 is 2.22 bits per heavy atom. The lowest BCUT2D eigenvalue weighted by atomic mass is 10.0. The van der Waals surface area contributed by atoms with Crippen molar-refractivity contribution in [3.8, 4) is 11.1 Å². The summed E-state index contributed by atoms with van der Waals surface area (Å²) in [7, 11) is 0. The summed E-state index contributed by atoms with van der Waals surface area (Å²) >= 11 is 0. The zero-order valence-electron chi connectivity index (χ0n) is 15.3. The summed E-state index contributed by atoms with van der Waals surface area (Å²) in [6.07, 6.45) is -0.916. The zero-order valence-corrected chi connectivity index (χ0v) is 15.3. The fraction of sp³-hybridized carbons (Fsp3) is 0.130. The van der Waals surface area contributed by atoms with Gasteiger partial charge in [0.15, 0.2) is 6.10 Å². The number of amides is 1. The quantitative estimate of drug-likeness (QED) is 0.663. The highest BCUT2D eigenvalue weighted by molar-refractivity contribution is 6.00. The predicted molar refractivity (Wildman–Crippen MR) is 107 cm³/mol. The van der Waals surface area contributed by atoms with Crippen molar-refractivity contribution in [2.24, 2.45) is 0 Å². The molecule has 0 heterocycles. The molecule has 3 rings (SSSR count). The van der Waals surface area contributed by atoms with Gasteiger partial charge in [0.25, 0.3) is 5.91 Å². The van der Waals surface area contributed by atoms with Crippen LogP contribution in [0.2, 0.25) is 0 Å². The van der Waals surface area contributed by atoms with E-state index >= 15 is 0 Å². The molecular weight excluding hydrogens is 338 g/mol. The third-order valence-corrected chi connectivity index (χ3v) is 4.29. The SMILES string of the molecule is Cc1ccccc1C(=O)OC(C)C(=O)Nc1ccccc1-c1ccccc1. The second-order valence-electron chi connectivity index (χ2n) is 6.26. The molecule has 3 aromatic rings. The second-order valence-corrected chi connectivity index (χ2v) is 6.26. The fourth-order valence-corrected chi connectivity index (χ4v) is 2.78. The van der Waals surface area contributed by atoms with Crippen LogP contribution in [0.3, 0.4) is 0 Å². The standard InChI is InChI=1S/C23H21NO3/c1-16-10-6-7-13-19(16)23(26)27-17(2)22(25)24-21-15-9-8-14-20(21)18-11-4-3-5-12-18/h3-15,17H,1-2H3,(H,24,25). The van der Waals surface area contributed by atoms with E-state index in [1.807, 2.05) is 73.7 Å². The summed E-state index contributed by atoms with van der Waals surface area (Å²) in [6.45, 7) is 3.40. The van der Waals surface area contributed by atoms with Crippen molar-refractivity contribution < 1.29 is 14.3 Å². The largest absolute Gasteiger partial charge is 0.449 e. The highest BCUT2D eigenvalue weighted by atomic mass is 16.5. The van der Waals surface area contributed by atoms with Crippen LogP contribution in [0.25, 0.3) is 11.1 Å². The molecule has 3 aromatic carbocycles. The van der Waals surface area contributed by atoms with Crippen LogP contribution in [-0.4, -0.2) is 18.0 Å². The number of aryl methyl sites for hydroxylation is 1. The first-order valence-corrected chi connectivity index (χ1v) is 8.78. The lowest BCUT2D eigenvalue weighted by molar-refractivity contribution is -0.123. The van der Waals surface area contributed by atoms with Crippen LogP contribution in [0.4, 0.5) is 5.69 Å². The number of ether oxygens (including phenoxy) is 1. The lowest BCUT2D eigenvalue weighted by Gasteiger charge is -2.16. The lowest BCUT2D eigenvalue weighted by Crippen LogP contribution is -2.30. The summed E-state index contributed by atoms with van der Waals surface area (Å²) in [6, 6.07) is 24.5. The van der Waals surface area contributed by atoms with Crippen LogP contribution in [-0.2, 0) is 9.53 Å². The van der Waals surface area contributed by atoms with Crippen LogP contribution < -0.4 is 5.32 Å². The first-order chi connectivity index (χ1) is 13.1. The van der Waals surface area contributed by atoms with E-state index in [0.29, 0.717) is 11.3 Å². The van der Waals surface area contributed by atoms with Crippen molar-refractivity contribution in [1.29, 1.82) is 0 Å². The molecule has 0 saturated heterocycles. The Balaban J connectivity index is 1.73. The molecule has 0 aliphatic rings. The number of rotatable bonds is 5. The zero-order chi connectivity index (χ0) is 19.2. The molecule has 0 spiro atoms. The molecule has 1 atom stereocenters. The van der Waals surface area contributed by atoms with Crippen LogP contribution in [0, 0.1) is 6.92 Å². The fourth-order valence-electron chi connectivity index (χ4n) is 2.78. The van der Waals surface area contributed by atoms with Gasteiger partial charge in [-0.3, -0.25) is 4.79 Å². The highest BCUT2D eigenvalue weighted by Crippen LogP contribution is 2.27. The van der Waals surface area contributed by atoms with Gasteiger partial charge in [-0.2, -0.15) is 0 Å². The van der Waals surface area contributed by atoms with E-state index in [1.54, 1.807) is 19.1 Å². The number of benzene rings is 3. The van der Waals surface area contributed by atoms with Gasteiger partial charge in [-0.1, -0.05) is 66.7 Å². The van der Waals surface area contributed by atoms with E-state index in [0.717, 1.165) is 16.7 Å². The maximum absolute atomic E-state index is 12.6. The number of anilines is 1. The summed E-state index contributed by atoms with van der Waals surface area (Å²) in [5.74, 6) is -0.882. The second kappa shape index (κ2) is 8.32. The van der Waals surface area contributed by atoms with Crippen molar-refractivity contribution in [1.82, 2.24) is 0 Å². The molecule has 136 valence electrons. The molecule has 4 nitrogen and oxygen atoms in total. The van der Waals surface area contributed by atoms with Crippen LogP contribution in [0.15, 0.2) is 78.9 Å². The number of esters is 1. The van der Waals surface area contributed by atoms with Gasteiger partial charge in [0, 0.05) is 11.3 Å². The average Bonchev–Trinajstić information content (AvgIpc) is 2.69. The maximum Gasteiger partial charge on any atom is 0.339 e. The minimum atomic E-state index is -0.916. The Labute approximate surface area is 158 Å². The smallest absolute Gasteiger partial charge is 0.339 e.